The van der Waals surface area contributed by atoms with Gasteiger partial charge in [-0.15, -0.1) is 22.7 Å². The molecule has 30 heavy (non-hydrogen) atoms. The minimum absolute atomic E-state index is 0.172. The third-order valence-corrected chi connectivity index (χ3v) is 6.95. The number of aromatic nitrogens is 2. The number of anilines is 1. The molecular formula is C22H17N5OS2. The topological polar surface area (TPSA) is 70.5 Å². The summed E-state index contributed by atoms with van der Waals surface area (Å²) in [6, 6.07) is 12.2. The summed E-state index contributed by atoms with van der Waals surface area (Å²) in [5.74, 6) is 1.07. The molecule has 8 heteroatoms. The van der Waals surface area contributed by atoms with E-state index in [1.54, 1.807) is 22.7 Å². The Morgan fingerprint density at radius 1 is 1.03 bits per heavy atom. The Kier molecular flexibility index (Phi) is 4.14. The van der Waals surface area contributed by atoms with Gasteiger partial charge in [0.25, 0.3) is 5.91 Å². The molecule has 1 aliphatic carbocycles. The fourth-order valence-corrected chi connectivity index (χ4v) is 5.02. The van der Waals surface area contributed by atoms with E-state index < -0.39 is 0 Å². The molecule has 2 aromatic carbocycles. The zero-order chi connectivity index (χ0) is 20.1. The number of carbonyl (C=O) groups is 1. The van der Waals surface area contributed by atoms with Crippen molar-refractivity contribution in [2.45, 2.75) is 12.8 Å². The van der Waals surface area contributed by atoms with Crippen LogP contribution in [0.1, 0.15) is 18.4 Å². The molecule has 6 rings (SSSR count). The summed E-state index contributed by atoms with van der Waals surface area (Å²) in [6.07, 6.45) is 4.28. The van der Waals surface area contributed by atoms with E-state index in [0.29, 0.717) is 17.6 Å². The number of hydrogen-bond donors (Lipinski definition) is 1. The summed E-state index contributed by atoms with van der Waals surface area (Å²) in [5.41, 5.74) is 8.05. The van der Waals surface area contributed by atoms with E-state index in [2.05, 4.69) is 37.3 Å². The molecule has 1 amide bonds. The van der Waals surface area contributed by atoms with Crippen molar-refractivity contribution < 1.29 is 4.79 Å². The summed E-state index contributed by atoms with van der Waals surface area (Å²) in [7, 11) is 0. The molecule has 3 heterocycles. The van der Waals surface area contributed by atoms with Crippen molar-refractivity contribution >= 4 is 66.7 Å². The SMILES string of the molecule is O=C1NC(N(CC2CC2)c2ccc3ncsc3c2)=NC1=Cc1ccc2ncsc2c1. The van der Waals surface area contributed by atoms with Crippen LogP contribution in [0, 0.1) is 5.92 Å². The second-order valence-corrected chi connectivity index (χ2v) is 9.33. The first-order chi connectivity index (χ1) is 14.7. The first-order valence-corrected chi connectivity index (χ1v) is 11.5. The molecule has 148 valence electrons. The Labute approximate surface area is 180 Å². The number of aliphatic imine (C=N–C) groups is 1. The predicted octanol–water partition coefficient (Wildman–Crippen LogP) is 4.65. The Balaban J connectivity index is 1.36. The van der Waals surface area contributed by atoms with Crippen LogP contribution in [0.4, 0.5) is 5.69 Å². The molecular weight excluding hydrogens is 414 g/mol. The summed E-state index contributed by atoms with van der Waals surface area (Å²) >= 11 is 3.21. The van der Waals surface area contributed by atoms with Gasteiger partial charge in [0.05, 0.1) is 31.5 Å². The van der Waals surface area contributed by atoms with Crippen molar-refractivity contribution in [3.8, 4) is 0 Å². The van der Waals surface area contributed by atoms with Gasteiger partial charge in [-0.25, -0.2) is 15.0 Å². The van der Waals surface area contributed by atoms with E-state index in [4.69, 9.17) is 0 Å². The van der Waals surface area contributed by atoms with Gasteiger partial charge in [-0.05, 0) is 60.7 Å². The van der Waals surface area contributed by atoms with E-state index in [0.717, 1.165) is 38.2 Å². The number of amides is 1. The lowest BCUT2D eigenvalue weighted by atomic mass is 10.2. The van der Waals surface area contributed by atoms with Gasteiger partial charge in [0, 0.05) is 12.2 Å². The van der Waals surface area contributed by atoms with Gasteiger partial charge in [0.15, 0.2) is 0 Å². The number of nitrogens with one attached hydrogen (secondary N) is 1. The first kappa shape index (κ1) is 17.7. The van der Waals surface area contributed by atoms with Gasteiger partial charge in [0.2, 0.25) is 5.96 Å². The minimum Gasteiger partial charge on any atom is -0.312 e. The zero-order valence-electron chi connectivity index (χ0n) is 15.9. The second kappa shape index (κ2) is 7.00. The quantitative estimate of drug-likeness (QED) is 0.478. The van der Waals surface area contributed by atoms with E-state index in [1.807, 2.05) is 41.4 Å². The highest BCUT2D eigenvalue weighted by atomic mass is 32.1. The molecule has 1 fully saturated rings. The smallest absolute Gasteiger partial charge is 0.276 e. The number of fused-ring (bicyclic) bond motifs is 2. The maximum absolute atomic E-state index is 12.7. The molecule has 1 saturated carbocycles. The average Bonchev–Trinajstić information content (AvgIpc) is 3.13. The second-order valence-electron chi connectivity index (χ2n) is 7.56. The van der Waals surface area contributed by atoms with Gasteiger partial charge in [0.1, 0.15) is 5.70 Å². The minimum atomic E-state index is -0.172. The average molecular weight is 432 g/mol. The number of rotatable bonds is 4. The molecule has 4 aromatic rings. The zero-order valence-corrected chi connectivity index (χ0v) is 17.5. The van der Waals surface area contributed by atoms with E-state index in [9.17, 15) is 4.79 Å². The first-order valence-electron chi connectivity index (χ1n) is 9.79. The Hall–Kier alpha value is -3.10. The summed E-state index contributed by atoms with van der Waals surface area (Å²) in [5, 5.41) is 2.98. The Bertz CT molecular complexity index is 1350. The number of guanidine groups is 1. The molecule has 1 aliphatic heterocycles. The third-order valence-electron chi connectivity index (χ3n) is 5.36. The monoisotopic (exact) mass is 431 g/mol. The molecule has 0 radical (unpaired) electrons. The molecule has 0 spiro atoms. The summed E-state index contributed by atoms with van der Waals surface area (Å²) < 4.78 is 2.23. The molecule has 0 bridgehead atoms. The maximum atomic E-state index is 12.7. The lowest BCUT2D eigenvalue weighted by Gasteiger charge is -2.24. The lowest BCUT2D eigenvalue weighted by Crippen LogP contribution is -2.41. The van der Waals surface area contributed by atoms with Crippen LogP contribution in [0.5, 0.6) is 0 Å². The maximum Gasteiger partial charge on any atom is 0.276 e. The molecule has 1 N–H and O–H groups in total. The molecule has 0 saturated heterocycles. The van der Waals surface area contributed by atoms with Crippen LogP contribution in [-0.4, -0.2) is 28.4 Å². The highest BCUT2D eigenvalue weighted by molar-refractivity contribution is 7.17. The van der Waals surface area contributed by atoms with E-state index >= 15 is 0 Å². The number of hydrogen-bond acceptors (Lipinski definition) is 7. The van der Waals surface area contributed by atoms with Crippen molar-refractivity contribution in [1.82, 2.24) is 15.3 Å². The number of thiazole rings is 2. The third kappa shape index (κ3) is 3.28. The fraction of sp³-hybridized carbons (Fsp3) is 0.182. The van der Waals surface area contributed by atoms with Crippen LogP contribution in [0.2, 0.25) is 0 Å². The summed E-state index contributed by atoms with van der Waals surface area (Å²) in [6.45, 7) is 0.851. The van der Waals surface area contributed by atoms with Gasteiger partial charge in [-0.2, -0.15) is 0 Å². The van der Waals surface area contributed by atoms with Crippen LogP contribution in [-0.2, 0) is 4.79 Å². The standard InChI is InChI=1S/C22H17N5OS2/c28-21-18(7-14-3-5-16-19(8-14)29-11-23-16)25-22(26-21)27(10-13-1-2-13)15-4-6-17-20(9-15)30-12-24-17/h3-9,11-13H,1-2,10H2,(H,25,26,28). The molecule has 0 unspecified atom stereocenters. The molecule has 6 nitrogen and oxygen atoms in total. The van der Waals surface area contributed by atoms with Crippen molar-refractivity contribution in [3.63, 3.8) is 0 Å². The van der Waals surface area contributed by atoms with Crippen molar-refractivity contribution in [2.75, 3.05) is 11.4 Å². The van der Waals surface area contributed by atoms with Crippen LogP contribution in [0.3, 0.4) is 0 Å². The van der Waals surface area contributed by atoms with Crippen molar-refractivity contribution in [3.05, 3.63) is 58.7 Å². The predicted molar refractivity (Wildman–Crippen MR) is 123 cm³/mol. The lowest BCUT2D eigenvalue weighted by molar-refractivity contribution is -0.115. The van der Waals surface area contributed by atoms with Crippen molar-refractivity contribution in [2.24, 2.45) is 10.9 Å². The van der Waals surface area contributed by atoms with Gasteiger partial charge < -0.3 is 4.90 Å². The van der Waals surface area contributed by atoms with Gasteiger partial charge in [-0.3, -0.25) is 10.1 Å². The van der Waals surface area contributed by atoms with Gasteiger partial charge in [-0.1, -0.05) is 6.07 Å². The largest absolute Gasteiger partial charge is 0.312 e. The Morgan fingerprint density at radius 2 is 1.77 bits per heavy atom. The van der Waals surface area contributed by atoms with Gasteiger partial charge >= 0.3 is 0 Å². The molecule has 0 atom stereocenters. The van der Waals surface area contributed by atoms with E-state index in [-0.39, 0.29) is 5.91 Å². The highest BCUT2D eigenvalue weighted by Gasteiger charge is 2.31. The molecule has 2 aliphatic rings. The number of benzene rings is 2. The van der Waals surface area contributed by atoms with Crippen LogP contribution < -0.4 is 10.2 Å². The van der Waals surface area contributed by atoms with Crippen LogP contribution in [0.15, 0.2) is 58.1 Å². The van der Waals surface area contributed by atoms with Crippen molar-refractivity contribution in [1.29, 1.82) is 0 Å². The van der Waals surface area contributed by atoms with Crippen LogP contribution >= 0.6 is 22.7 Å². The summed E-state index contributed by atoms with van der Waals surface area (Å²) in [4.78, 5) is 28.1. The van der Waals surface area contributed by atoms with Crippen LogP contribution in [0.25, 0.3) is 26.5 Å². The Morgan fingerprint density at radius 3 is 2.53 bits per heavy atom. The highest BCUT2D eigenvalue weighted by Crippen LogP contribution is 2.33. The fourth-order valence-electron chi connectivity index (χ4n) is 3.59. The van der Waals surface area contributed by atoms with E-state index in [1.165, 1.54) is 12.8 Å². The number of carbonyl (C=O) groups excluding carboxylic acids is 1. The normalized spacial score (nSPS) is 17.7. The number of nitrogens with zero attached hydrogens (tertiary/aromatic N) is 4. The molecule has 2 aromatic heterocycles.